The van der Waals surface area contributed by atoms with E-state index in [1.54, 1.807) is 12.5 Å². The lowest BCUT2D eigenvalue weighted by Crippen LogP contribution is -2.25. The van der Waals surface area contributed by atoms with Gasteiger partial charge in [0.25, 0.3) is 0 Å². The molecule has 0 radical (unpaired) electrons. The number of furan rings is 1. The Hall–Kier alpha value is -2.17. The molecule has 24 heavy (non-hydrogen) atoms. The summed E-state index contributed by atoms with van der Waals surface area (Å²) < 4.78 is 5.00. The second-order valence-electron chi connectivity index (χ2n) is 6.34. The van der Waals surface area contributed by atoms with Crippen molar-refractivity contribution in [1.82, 2.24) is 10.3 Å². The molecular formula is C20H24N2O2. The summed E-state index contributed by atoms with van der Waals surface area (Å²) in [5.41, 5.74) is 2.14. The second-order valence-corrected chi connectivity index (χ2v) is 6.34. The van der Waals surface area contributed by atoms with Crippen LogP contribution in [0.3, 0.4) is 0 Å². The smallest absolute Gasteiger partial charge is 0.0960 e. The number of aromatic nitrogens is 1. The molecule has 0 aliphatic rings. The molecule has 0 saturated carbocycles. The first-order chi connectivity index (χ1) is 11.7. The highest BCUT2D eigenvalue weighted by Crippen LogP contribution is 2.20. The molecule has 0 saturated heterocycles. The molecule has 2 heterocycles. The molecule has 3 rings (SSSR count). The van der Waals surface area contributed by atoms with E-state index in [0.717, 1.165) is 31.4 Å². The van der Waals surface area contributed by atoms with Crippen molar-refractivity contribution in [2.24, 2.45) is 0 Å². The summed E-state index contributed by atoms with van der Waals surface area (Å²) in [6, 6.07) is 10.7. The predicted molar refractivity (Wildman–Crippen MR) is 95.6 cm³/mol. The highest BCUT2D eigenvalue weighted by atomic mass is 16.3. The molecule has 1 unspecified atom stereocenters. The first kappa shape index (κ1) is 16.7. The molecule has 0 amide bonds. The molecular weight excluding hydrogens is 300 g/mol. The normalized spacial score (nSPS) is 13.9. The van der Waals surface area contributed by atoms with Crippen LogP contribution in [-0.2, 0) is 6.54 Å². The quantitative estimate of drug-likeness (QED) is 0.651. The van der Waals surface area contributed by atoms with E-state index in [0.29, 0.717) is 6.04 Å². The summed E-state index contributed by atoms with van der Waals surface area (Å²) in [5.74, 6) is 0. The van der Waals surface area contributed by atoms with E-state index < -0.39 is 6.10 Å². The van der Waals surface area contributed by atoms with E-state index in [1.807, 2.05) is 24.5 Å². The second kappa shape index (κ2) is 8.08. The summed E-state index contributed by atoms with van der Waals surface area (Å²) in [4.78, 5) is 4.14. The fraction of sp³-hybridized carbons (Fsp3) is 0.350. The molecule has 1 aromatic carbocycles. The van der Waals surface area contributed by atoms with Crippen LogP contribution in [0.15, 0.2) is 59.7 Å². The predicted octanol–water partition coefficient (Wildman–Crippen LogP) is 4.21. The molecule has 4 nitrogen and oxygen atoms in total. The average molecular weight is 324 g/mol. The fourth-order valence-corrected chi connectivity index (χ4v) is 2.89. The first-order valence-corrected chi connectivity index (χ1v) is 8.48. The van der Waals surface area contributed by atoms with Crippen molar-refractivity contribution in [3.63, 3.8) is 0 Å². The third kappa shape index (κ3) is 4.43. The van der Waals surface area contributed by atoms with Gasteiger partial charge in [0.15, 0.2) is 0 Å². The third-order valence-electron chi connectivity index (χ3n) is 4.40. The Kier molecular flexibility index (Phi) is 5.62. The van der Waals surface area contributed by atoms with Crippen molar-refractivity contribution in [3.05, 3.63) is 66.4 Å². The zero-order valence-electron chi connectivity index (χ0n) is 14.0. The molecule has 2 N–H and O–H groups in total. The standard InChI is InChI=1S/C20H24N2O2/c1-15(3-2-4-20(23)19-8-10-24-14-19)22-12-16-5-6-18-13-21-9-7-17(18)11-16/h5-11,13-15,20,22-23H,2-4,12H2,1H3/t15-,20?/m1/s1. The van der Waals surface area contributed by atoms with Crippen LogP contribution in [0.2, 0.25) is 0 Å². The average Bonchev–Trinajstić information content (AvgIpc) is 3.14. The third-order valence-corrected chi connectivity index (χ3v) is 4.40. The van der Waals surface area contributed by atoms with Crippen LogP contribution < -0.4 is 5.32 Å². The minimum absolute atomic E-state index is 0.412. The van der Waals surface area contributed by atoms with Crippen molar-refractivity contribution in [2.45, 2.75) is 44.9 Å². The van der Waals surface area contributed by atoms with E-state index in [1.165, 1.54) is 16.3 Å². The van der Waals surface area contributed by atoms with E-state index >= 15 is 0 Å². The van der Waals surface area contributed by atoms with Gasteiger partial charge < -0.3 is 14.8 Å². The van der Waals surface area contributed by atoms with Gasteiger partial charge in [-0.1, -0.05) is 12.1 Å². The van der Waals surface area contributed by atoms with Crippen molar-refractivity contribution in [3.8, 4) is 0 Å². The van der Waals surface area contributed by atoms with Gasteiger partial charge in [0, 0.05) is 35.9 Å². The van der Waals surface area contributed by atoms with Crippen molar-refractivity contribution in [2.75, 3.05) is 0 Å². The number of benzene rings is 1. The molecule has 2 aromatic heterocycles. The van der Waals surface area contributed by atoms with Crippen LogP contribution in [0.4, 0.5) is 0 Å². The van der Waals surface area contributed by atoms with E-state index in [4.69, 9.17) is 4.42 Å². The molecule has 0 aliphatic carbocycles. The number of nitrogens with zero attached hydrogens (tertiary/aromatic N) is 1. The molecule has 0 bridgehead atoms. The Bertz CT molecular complexity index is 755. The number of pyridine rings is 1. The van der Waals surface area contributed by atoms with Gasteiger partial charge in [0.1, 0.15) is 0 Å². The molecule has 3 aromatic rings. The van der Waals surface area contributed by atoms with Crippen molar-refractivity contribution in [1.29, 1.82) is 0 Å². The number of hydrogen-bond acceptors (Lipinski definition) is 4. The monoisotopic (exact) mass is 324 g/mol. The van der Waals surface area contributed by atoms with Gasteiger partial charge in [-0.15, -0.1) is 0 Å². The Morgan fingerprint density at radius 2 is 2.08 bits per heavy atom. The maximum Gasteiger partial charge on any atom is 0.0960 e. The zero-order chi connectivity index (χ0) is 16.8. The summed E-state index contributed by atoms with van der Waals surface area (Å²) >= 11 is 0. The number of aliphatic hydroxyl groups excluding tert-OH is 1. The number of hydrogen-bond donors (Lipinski definition) is 2. The number of nitrogens with one attached hydrogen (secondary N) is 1. The van der Waals surface area contributed by atoms with Gasteiger partial charge in [-0.3, -0.25) is 4.98 Å². The van der Waals surface area contributed by atoms with Crippen molar-refractivity contribution >= 4 is 10.8 Å². The van der Waals surface area contributed by atoms with Crippen LogP contribution >= 0.6 is 0 Å². The summed E-state index contributed by atoms with van der Waals surface area (Å²) in [6.45, 7) is 3.04. The van der Waals surface area contributed by atoms with Gasteiger partial charge in [-0.05, 0) is 55.3 Å². The van der Waals surface area contributed by atoms with Gasteiger partial charge in [-0.25, -0.2) is 0 Å². The Morgan fingerprint density at radius 1 is 1.17 bits per heavy atom. The van der Waals surface area contributed by atoms with Gasteiger partial charge >= 0.3 is 0 Å². The highest BCUT2D eigenvalue weighted by molar-refractivity contribution is 5.81. The molecule has 4 heteroatoms. The van der Waals surface area contributed by atoms with Crippen LogP contribution in [0.1, 0.15) is 43.4 Å². The lowest BCUT2D eigenvalue weighted by molar-refractivity contribution is 0.161. The maximum absolute atomic E-state index is 10.0. The Morgan fingerprint density at radius 3 is 2.92 bits per heavy atom. The van der Waals surface area contributed by atoms with E-state index in [-0.39, 0.29) is 0 Å². The van der Waals surface area contributed by atoms with Crippen molar-refractivity contribution < 1.29 is 9.52 Å². The lowest BCUT2D eigenvalue weighted by Gasteiger charge is -2.15. The Labute approximate surface area is 142 Å². The summed E-state index contributed by atoms with van der Waals surface area (Å²) in [5, 5.41) is 16.0. The van der Waals surface area contributed by atoms with Crippen LogP contribution in [-0.4, -0.2) is 16.1 Å². The SMILES string of the molecule is C[C@H](CCCC(O)c1ccoc1)NCc1ccc2cnccc2c1. The Balaban J connectivity index is 1.42. The van der Waals surface area contributed by atoms with E-state index in [2.05, 4.69) is 35.4 Å². The highest BCUT2D eigenvalue weighted by Gasteiger charge is 2.09. The minimum atomic E-state index is -0.426. The molecule has 0 spiro atoms. The topological polar surface area (TPSA) is 58.3 Å². The van der Waals surface area contributed by atoms with Gasteiger partial charge in [-0.2, -0.15) is 0 Å². The maximum atomic E-state index is 10.0. The number of rotatable bonds is 8. The zero-order valence-corrected chi connectivity index (χ0v) is 14.0. The lowest BCUT2D eigenvalue weighted by atomic mass is 10.0. The summed E-state index contributed by atoms with van der Waals surface area (Å²) in [7, 11) is 0. The molecule has 0 aliphatic heterocycles. The minimum Gasteiger partial charge on any atom is -0.472 e. The van der Waals surface area contributed by atoms with Crippen LogP contribution in [0.25, 0.3) is 10.8 Å². The van der Waals surface area contributed by atoms with Gasteiger partial charge in [0.05, 0.1) is 18.6 Å². The van der Waals surface area contributed by atoms with Gasteiger partial charge in [0.2, 0.25) is 0 Å². The largest absolute Gasteiger partial charge is 0.472 e. The number of aliphatic hydroxyl groups is 1. The molecule has 2 atom stereocenters. The molecule has 0 fully saturated rings. The first-order valence-electron chi connectivity index (χ1n) is 8.48. The number of fused-ring (bicyclic) bond motifs is 1. The van der Waals surface area contributed by atoms with E-state index in [9.17, 15) is 5.11 Å². The molecule has 126 valence electrons. The van der Waals surface area contributed by atoms with Crippen LogP contribution in [0.5, 0.6) is 0 Å². The van der Waals surface area contributed by atoms with Crippen LogP contribution in [0, 0.1) is 0 Å². The summed E-state index contributed by atoms with van der Waals surface area (Å²) in [6.07, 6.45) is 9.27. The fourth-order valence-electron chi connectivity index (χ4n) is 2.89.